The standard InChI is InChI=1S/C37H51N5O7.C35H51N5O7.C32H49N5O7/c1-36(2)25-20-42(29(27(25)36)32(45)39-26(19-22-15-16-22)30(43)31(38)44)33(46)28(24-13-7-4-8-14-24)40-35(48)41-37(17-9-10-18-37)34(47)49-21-23-11-5-3-6-12-23;1-19(2)35(8,31(45)47-18-21-12-10-9-11-13-21)39-32(46)38-27(33(3,4)5)30(44)40-17-22-24(34(22,6)7)25(40)29(43)37-23(16-20-14-15-20)26(41)28(36)42;1-11-14-20(24(38)27(40)33-15-12-2)34-26(39)23-21-19(32(21,9)10)17-37(23)28(41)25(31(6,7)8)36-30(43)35-22(18(4)5)29(42)44-16-13-3/h3,5-6,11-12,22,24-29H,4,7-10,13-21H2,1-2H3,(H2,38,44)(H,39,45)(H2,40,41,48);9-13,19-20,22-25,27H,14-18H2,1-8H3,(H2,36,42)(H,37,43)(H2,38,39,46);3,12,18-23,25H,2,11,14-17H2,1,4-10H3,(H,33,40)(H,34,39)(H2,35,36,43)/t25-,26?,27-,28-,29-;22-,23?,24-,25-,27+,35-;19-,20?,21-,22-,23-,25+/m000/s1. The Kier molecular flexibility index (Phi) is 35.7. The Morgan fingerprint density at radius 1 is 0.514 bits per heavy atom. The number of benzene rings is 2. The summed E-state index contributed by atoms with van der Waals surface area (Å²) in [5.74, 6) is -8.41. The minimum Gasteiger partial charge on any atom is -0.459 e. The number of Topliss-reactive ketones (excluding diaryl/α,β-unsaturated/α-hetero) is 3. The van der Waals surface area contributed by atoms with Gasteiger partial charge in [0.05, 0.1) is 18.1 Å². The van der Waals surface area contributed by atoms with E-state index in [9.17, 15) is 86.3 Å². The lowest BCUT2D eigenvalue weighted by molar-refractivity contribution is -0.154. The monoisotopic (exact) mass is 1950 g/mol. The summed E-state index contributed by atoms with van der Waals surface area (Å²) >= 11 is 0. The lowest BCUT2D eigenvalue weighted by Gasteiger charge is -2.39. The highest BCUT2D eigenvalue weighted by Crippen LogP contribution is 2.67. The summed E-state index contributed by atoms with van der Waals surface area (Å²) in [5.41, 5.74) is 7.52. The topological polar surface area (TPSA) is 517 Å². The van der Waals surface area contributed by atoms with Gasteiger partial charge in [0.25, 0.3) is 17.7 Å². The maximum atomic E-state index is 14.6. The molecule has 2 aromatic carbocycles. The normalized spacial score (nSPS) is 24.2. The summed E-state index contributed by atoms with van der Waals surface area (Å²) in [7, 11) is 0. The van der Waals surface area contributed by atoms with Crippen LogP contribution in [0.3, 0.4) is 0 Å². The second-order valence-electron chi connectivity index (χ2n) is 44.9. The number of rotatable bonds is 40. The number of piperidine rings is 3. The summed E-state index contributed by atoms with van der Waals surface area (Å²) in [6.45, 7) is 38.0. The molecule has 0 bridgehead atoms. The molecule has 10 fully saturated rings. The van der Waals surface area contributed by atoms with E-state index in [1.165, 1.54) is 15.9 Å². The van der Waals surface area contributed by atoms with Crippen molar-refractivity contribution in [1.82, 2.24) is 67.9 Å². The summed E-state index contributed by atoms with van der Waals surface area (Å²) in [6, 6.07) is 6.67. The summed E-state index contributed by atoms with van der Waals surface area (Å²) in [5, 5.41) is 27.5. The molecule has 14 N–H and O–H groups in total. The molecule has 0 aromatic heterocycles. The maximum absolute atomic E-state index is 14.6. The molecule has 36 heteroatoms. The fourth-order valence-electron chi connectivity index (χ4n) is 21.4. The average molecular weight is 1950 g/mol. The Labute approximate surface area is 822 Å². The van der Waals surface area contributed by atoms with Crippen molar-refractivity contribution in [3.63, 3.8) is 0 Å². The highest BCUT2D eigenvalue weighted by molar-refractivity contribution is 6.39. The Morgan fingerprint density at radius 2 is 0.936 bits per heavy atom. The molecule has 10 aliphatic rings. The number of carbonyl (C=O) groups excluding carboxylic acids is 18. The van der Waals surface area contributed by atoms with Crippen LogP contribution in [0.1, 0.15) is 245 Å². The zero-order chi connectivity index (χ0) is 104. The summed E-state index contributed by atoms with van der Waals surface area (Å²) in [4.78, 5) is 243. The number of ether oxygens (including phenoxy) is 3. The number of hydrogen-bond donors (Lipinski definition) is 12. The van der Waals surface area contributed by atoms with Gasteiger partial charge in [-0.05, 0) is 155 Å². The third kappa shape index (κ3) is 26.3. The van der Waals surface area contributed by atoms with Gasteiger partial charge >= 0.3 is 36.0 Å². The second-order valence-corrected chi connectivity index (χ2v) is 44.9. The lowest BCUT2D eigenvalue weighted by Crippen LogP contribution is -2.64. The molecule has 7 saturated carbocycles. The molecule has 7 aliphatic carbocycles. The number of esters is 3. The third-order valence-electron chi connectivity index (χ3n) is 30.9. The van der Waals surface area contributed by atoms with E-state index in [2.05, 4.69) is 79.5 Å². The van der Waals surface area contributed by atoms with Crippen molar-refractivity contribution >= 4 is 107 Å². The molecule has 0 spiro atoms. The molecule has 3 heterocycles. The summed E-state index contributed by atoms with van der Waals surface area (Å²) < 4.78 is 16.3. The molecule has 36 nitrogen and oxygen atoms in total. The lowest BCUT2D eigenvalue weighted by atomic mass is 9.83. The highest BCUT2D eigenvalue weighted by atomic mass is 16.5. The smallest absolute Gasteiger partial charge is 0.332 e. The number of terminal acetylenes is 1. The van der Waals surface area contributed by atoms with Crippen LogP contribution >= 0.6 is 0 Å². The van der Waals surface area contributed by atoms with Gasteiger partial charge in [0.15, 0.2) is 6.61 Å². The van der Waals surface area contributed by atoms with Crippen molar-refractivity contribution in [1.29, 1.82) is 0 Å². The number of carbonyl (C=O) groups is 18. The van der Waals surface area contributed by atoms with E-state index in [4.69, 9.17) is 32.1 Å². The van der Waals surface area contributed by atoms with E-state index in [0.717, 1.165) is 81.8 Å². The van der Waals surface area contributed by atoms with Gasteiger partial charge in [0, 0.05) is 26.2 Å². The van der Waals surface area contributed by atoms with Crippen LogP contribution in [0.4, 0.5) is 14.4 Å². The fraction of sp³-hybridized carbons (Fsp3) is 0.673. The predicted molar refractivity (Wildman–Crippen MR) is 518 cm³/mol. The van der Waals surface area contributed by atoms with Crippen LogP contribution in [0.15, 0.2) is 73.3 Å². The van der Waals surface area contributed by atoms with Crippen molar-refractivity contribution in [2.24, 2.45) is 104 Å². The van der Waals surface area contributed by atoms with Crippen LogP contribution < -0.4 is 64.6 Å². The molecule has 140 heavy (non-hydrogen) atoms. The molecule has 768 valence electrons. The molecule has 17 atom stereocenters. The molecule has 15 amide bonds. The van der Waals surface area contributed by atoms with Gasteiger partial charge < -0.3 is 93.5 Å². The van der Waals surface area contributed by atoms with Crippen molar-refractivity contribution in [2.75, 3.05) is 32.8 Å². The highest BCUT2D eigenvalue weighted by Gasteiger charge is 2.73. The van der Waals surface area contributed by atoms with Gasteiger partial charge in [-0.15, -0.1) is 13.0 Å². The number of ketones is 3. The minimum atomic E-state index is -1.41. The molecule has 2 aromatic rings. The van der Waals surface area contributed by atoms with E-state index in [1.54, 1.807) is 81.1 Å². The number of nitrogens with zero attached hydrogens (tertiary/aromatic N) is 3. The van der Waals surface area contributed by atoms with Gasteiger partial charge in [0.1, 0.15) is 66.6 Å². The van der Waals surface area contributed by atoms with Crippen molar-refractivity contribution in [3.8, 4) is 12.3 Å². The molecule has 3 saturated heterocycles. The van der Waals surface area contributed by atoms with E-state index in [1.807, 2.05) is 95.3 Å². The fourth-order valence-corrected chi connectivity index (χ4v) is 21.4. The minimum absolute atomic E-state index is 0.0397. The quantitative estimate of drug-likeness (QED) is 0.0102. The zero-order valence-corrected chi connectivity index (χ0v) is 84.8. The van der Waals surface area contributed by atoms with Crippen LogP contribution in [0, 0.1) is 105 Å². The van der Waals surface area contributed by atoms with Gasteiger partial charge in [-0.25, -0.2) is 28.8 Å². The van der Waals surface area contributed by atoms with E-state index >= 15 is 0 Å². The molecule has 12 rings (SSSR count). The van der Waals surface area contributed by atoms with Crippen LogP contribution in [-0.2, 0) is 99.3 Å². The van der Waals surface area contributed by atoms with Crippen LogP contribution in [-0.4, -0.2) is 225 Å². The Balaban J connectivity index is 0.000000217. The van der Waals surface area contributed by atoms with E-state index in [0.29, 0.717) is 51.7 Å². The maximum Gasteiger partial charge on any atom is 0.332 e. The Hall–Kier alpha value is -11.8. The van der Waals surface area contributed by atoms with Crippen LogP contribution in [0.2, 0.25) is 0 Å². The van der Waals surface area contributed by atoms with Gasteiger partial charge in [0.2, 0.25) is 52.8 Å². The first kappa shape index (κ1) is 110. The van der Waals surface area contributed by atoms with Gasteiger partial charge in [-0.2, -0.15) is 0 Å². The largest absolute Gasteiger partial charge is 0.459 e. The zero-order valence-electron chi connectivity index (χ0n) is 84.8. The molecule has 0 radical (unpaired) electrons. The second kappa shape index (κ2) is 45.4. The van der Waals surface area contributed by atoms with Crippen molar-refractivity contribution in [2.45, 2.75) is 318 Å². The average Bonchev–Trinajstić information content (AvgIpc) is 1.53. The Bertz CT molecular complexity index is 5000. The van der Waals surface area contributed by atoms with E-state index < -0.39 is 183 Å². The van der Waals surface area contributed by atoms with Gasteiger partial charge in [-0.1, -0.05) is 255 Å². The van der Waals surface area contributed by atoms with Crippen LogP contribution in [0.5, 0.6) is 0 Å². The molecule has 3 unspecified atom stereocenters. The summed E-state index contributed by atoms with van der Waals surface area (Å²) in [6.07, 6.45) is 18.5. The SMILES string of the molecule is C#CCOC(=O)[C@@H](NC(=O)N[C@H](C(=O)N1C[C@H]2[C@@H]([C@H]1C(=O)NC(CCC)C(=O)C(=O)NCC=C)C2(C)C)C(C)(C)C)C(C)C.CC(C)[C@](C)(NC(=O)N[C@H](C(=O)N1C[C@H]2[C@@H]([C@H]1C(=O)NC(CC1CC1)C(=O)C(N)=O)C2(C)C)C(C)(C)C)C(=O)OCc1ccccc1.CC1(C)[C@@H]2[C@@H](C(=O)NC(CC3CC3)C(=O)C(N)=O)N(C(=O)[C@@H](NC(=O)NC3(C(=O)OCc4ccccc4)CCCC3)C3CCCCC3)C[C@@H]21. The number of primary amides is 2. The van der Waals surface area contributed by atoms with Crippen molar-refractivity contribution in [3.05, 3.63) is 84.4 Å². The Morgan fingerprint density at radius 3 is 1.33 bits per heavy atom. The van der Waals surface area contributed by atoms with Crippen molar-refractivity contribution < 1.29 is 101 Å². The first-order chi connectivity index (χ1) is 65.6. The third-order valence-corrected chi connectivity index (χ3v) is 30.9. The molecular formula is C104H151N15O21. The first-order valence-electron chi connectivity index (χ1n) is 49.8. The van der Waals surface area contributed by atoms with Gasteiger partial charge in [-0.3, -0.25) is 57.5 Å². The number of amides is 15. The number of hydrogen-bond acceptors (Lipinski definition) is 21. The molecule has 3 aliphatic heterocycles. The molecular weight excluding hydrogens is 1800 g/mol. The number of nitrogens with two attached hydrogens (primary N) is 2. The predicted octanol–water partition coefficient (Wildman–Crippen LogP) is 7.33. The number of nitrogens with one attached hydrogen (secondary N) is 10. The number of urea groups is 3. The van der Waals surface area contributed by atoms with E-state index in [-0.39, 0.29) is 120 Å². The number of likely N-dealkylation sites (tertiary alicyclic amines) is 3. The van der Waals surface area contributed by atoms with Crippen LogP contribution in [0.25, 0.3) is 0 Å². The number of fused-ring (bicyclic) bond motifs is 3. The first-order valence-corrected chi connectivity index (χ1v) is 49.8.